The molecule has 4 nitrogen and oxygen atoms in total. The molecule has 0 bridgehead atoms. The van der Waals surface area contributed by atoms with Gasteiger partial charge in [-0.25, -0.2) is 9.97 Å². The maximum atomic E-state index is 4.54. The van der Waals surface area contributed by atoms with Crippen molar-refractivity contribution in [3.63, 3.8) is 0 Å². The molecule has 0 atom stereocenters. The standard InChI is InChI=1S/C13H14N4S/c1-10-12(18-9-15-10)7-14-6-11-8-17-5-3-2-4-13(17)16-11/h2-5,8-9,14H,6-7H2,1H3. The van der Waals surface area contributed by atoms with E-state index in [0.29, 0.717) is 0 Å². The van der Waals surface area contributed by atoms with E-state index in [4.69, 9.17) is 0 Å². The normalized spacial score (nSPS) is 11.2. The van der Waals surface area contributed by atoms with Crippen molar-refractivity contribution in [2.24, 2.45) is 0 Å². The molecule has 0 amide bonds. The summed E-state index contributed by atoms with van der Waals surface area (Å²) in [5.74, 6) is 0. The van der Waals surface area contributed by atoms with Crippen molar-refractivity contribution in [3.8, 4) is 0 Å². The topological polar surface area (TPSA) is 42.2 Å². The van der Waals surface area contributed by atoms with Crippen molar-refractivity contribution in [2.45, 2.75) is 20.0 Å². The SMILES string of the molecule is Cc1ncsc1CNCc1cn2ccccc2n1. The van der Waals surface area contributed by atoms with Gasteiger partial charge >= 0.3 is 0 Å². The number of pyridine rings is 1. The van der Waals surface area contributed by atoms with Crippen LogP contribution in [-0.4, -0.2) is 14.4 Å². The summed E-state index contributed by atoms with van der Waals surface area (Å²) in [6.45, 7) is 3.67. The number of aryl methyl sites for hydroxylation is 1. The number of hydrogen-bond donors (Lipinski definition) is 1. The van der Waals surface area contributed by atoms with Crippen LogP contribution >= 0.6 is 11.3 Å². The molecule has 0 unspecified atom stereocenters. The molecule has 3 aromatic heterocycles. The molecule has 0 aliphatic carbocycles. The number of imidazole rings is 1. The number of aromatic nitrogens is 3. The molecule has 0 aliphatic rings. The molecule has 3 heterocycles. The molecule has 0 fully saturated rings. The van der Waals surface area contributed by atoms with Crippen LogP contribution in [0.3, 0.4) is 0 Å². The van der Waals surface area contributed by atoms with Crippen LogP contribution in [-0.2, 0) is 13.1 Å². The average Bonchev–Trinajstić information content (AvgIpc) is 2.96. The van der Waals surface area contributed by atoms with Gasteiger partial charge in [-0.2, -0.15) is 0 Å². The fourth-order valence-electron chi connectivity index (χ4n) is 1.87. The van der Waals surface area contributed by atoms with Crippen LogP contribution < -0.4 is 5.32 Å². The molecule has 0 radical (unpaired) electrons. The second-order valence-corrected chi connectivity index (χ2v) is 5.10. The highest BCUT2D eigenvalue weighted by atomic mass is 32.1. The summed E-state index contributed by atoms with van der Waals surface area (Å²) >= 11 is 1.69. The number of thiazole rings is 1. The first kappa shape index (κ1) is 11.4. The molecular formula is C13H14N4S. The fraction of sp³-hybridized carbons (Fsp3) is 0.231. The van der Waals surface area contributed by atoms with E-state index in [9.17, 15) is 0 Å². The monoisotopic (exact) mass is 258 g/mol. The highest BCUT2D eigenvalue weighted by molar-refractivity contribution is 7.09. The smallest absolute Gasteiger partial charge is 0.137 e. The molecular weight excluding hydrogens is 244 g/mol. The second kappa shape index (κ2) is 4.88. The molecule has 0 saturated heterocycles. The molecule has 18 heavy (non-hydrogen) atoms. The summed E-state index contributed by atoms with van der Waals surface area (Å²) in [7, 11) is 0. The van der Waals surface area contributed by atoms with Crippen molar-refractivity contribution in [3.05, 3.63) is 52.4 Å². The number of fused-ring (bicyclic) bond motifs is 1. The first-order valence-electron chi connectivity index (χ1n) is 5.85. The highest BCUT2D eigenvalue weighted by Crippen LogP contribution is 2.11. The van der Waals surface area contributed by atoms with Gasteiger partial charge in [0.05, 0.1) is 16.9 Å². The van der Waals surface area contributed by atoms with E-state index >= 15 is 0 Å². The van der Waals surface area contributed by atoms with Gasteiger partial charge in [-0.3, -0.25) is 0 Å². The van der Waals surface area contributed by atoms with E-state index in [1.807, 2.05) is 41.2 Å². The third-order valence-electron chi connectivity index (χ3n) is 2.85. The molecule has 0 aliphatic heterocycles. The summed E-state index contributed by atoms with van der Waals surface area (Å²) in [5.41, 5.74) is 5.05. The lowest BCUT2D eigenvalue weighted by Gasteiger charge is -2.00. The third kappa shape index (κ3) is 2.27. The molecule has 1 N–H and O–H groups in total. The summed E-state index contributed by atoms with van der Waals surface area (Å²) in [6, 6.07) is 6.02. The van der Waals surface area contributed by atoms with Crippen LogP contribution in [0.1, 0.15) is 16.3 Å². The van der Waals surface area contributed by atoms with Crippen molar-refractivity contribution < 1.29 is 0 Å². The van der Waals surface area contributed by atoms with Crippen LogP contribution in [0.5, 0.6) is 0 Å². The number of nitrogens with one attached hydrogen (secondary N) is 1. The Morgan fingerprint density at radius 2 is 2.28 bits per heavy atom. The Morgan fingerprint density at radius 3 is 3.06 bits per heavy atom. The Morgan fingerprint density at radius 1 is 1.33 bits per heavy atom. The molecule has 0 spiro atoms. The van der Waals surface area contributed by atoms with Gasteiger partial charge in [0, 0.05) is 30.4 Å². The quantitative estimate of drug-likeness (QED) is 0.781. The van der Waals surface area contributed by atoms with Crippen LogP contribution in [0.25, 0.3) is 5.65 Å². The van der Waals surface area contributed by atoms with Crippen molar-refractivity contribution >= 4 is 17.0 Å². The molecule has 3 aromatic rings. The molecule has 0 aromatic carbocycles. The lowest BCUT2D eigenvalue weighted by Crippen LogP contribution is -2.12. The van der Waals surface area contributed by atoms with Gasteiger partial charge in [-0.1, -0.05) is 6.07 Å². The second-order valence-electron chi connectivity index (χ2n) is 4.16. The van der Waals surface area contributed by atoms with Crippen LogP contribution in [0.4, 0.5) is 0 Å². The Kier molecular flexibility index (Phi) is 3.08. The lowest BCUT2D eigenvalue weighted by atomic mass is 10.4. The summed E-state index contributed by atoms with van der Waals surface area (Å²) in [5, 5.41) is 3.40. The minimum absolute atomic E-state index is 0.777. The Balaban J connectivity index is 1.65. The molecule has 5 heteroatoms. The van der Waals surface area contributed by atoms with Crippen LogP contribution in [0, 0.1) is 6.92 Å². The zero-order chi connectivity index (χ0) is 12.4. The minimum Gasteiger partial charge on any atom is -0.307 e. The molecule has 0 saturated carbocycles. The van der Waals surface area contributed by atoms with Crippen molar-refractivity contribution in [2.75, 3.05) is 0 Å². The summed E-state index contributed by atoms with van der Waals surface area (Å²) in [6.07, 6.45) is 4.07. The number of hydrogen-bond acceptors (Lipinski definition) is 4. The van der Waals surface area contributed by atoms with E-state index in [1.54, 1.807) is 11.3 Å². The van der Waals surface area contributed by atoms with Gasteiger partial charge < -0.3 is 9.72 Å². The molecule has 92 valence electrons. The van der Waals surface area contributed by atoms with E-state index in [0.717, 1.165) is 30.1 Å². The zero-order valence-corrected chi connectivity index (χ0v) is 10.9. The Hall–Kier alpha value is -1.72. The van der Waals surface area contributed by atoms with Gasteiger partial charge in [-0.05, 0) is 19.1 Å². The van der Waals surface area contributed by atoms with Gasteiger partial charge in [-0.15, -0.1) is 11.3 Å². The van der Waals surface area contributed by atoms with Gasteiger partial charge in [0.2, 0.25) is 0 Å². The third-order valence-corrected chi connectivity index (χ3v) is 3.79. The number of nitrogens with zero attached hydrogens (tertiary/aromatic N) is 3. The van der Waals surface area contributed by atoms with E-state index in [1.165, 1.54) is 4.88 Å². The maximum absolute atomic E-state index is 4.54. The average molecular weight is 258 g/mol. The first-order chi connectivity index (χ1) is 8.83. The lowest BCUT2D eigenvalue weighted by molar-refractivity contribution is 0.686. The summed E-state index contributed by atoms with van der Waals surface area (Å²) in [4.78, 5) is 10.1. The van der Waals surface area contributed by atoms with Crippen molar-refractivity contribution in [1.82, 2.24) is 19.7 Å². The first-order valence-corrected chi connectivity index (χ1v) is 6.73. The predicted octanol–water partition coefficient (Wildman–Crippen LogP) is 2.39. The van der Waals surface area contributed by atoms with Crippen molar-refractivity contribution in [1.29, 1.82) is 0 Å². The van der Waals surface area contributed by atoms with Gasteiger partial charge in [0.25, 0.3) is 0 Å². The highest BCUT2D eigenvalue weighted by Gasteiger charge is 2.03. The van der Waals surface area contributed by atoms with E-state index < -0.39 is 0 Å². The van der Waals surface area contributed by atoms with Crippen LogP contribution in [0.2, 0.25) is 0 Å². The largest absolute Gasteiger partial charge is 0.307 e. The van der Waals surface area contributed by atoms with Gasteiger partial charge in [0.1, 0.15) is 5.65 Å². The van der Waals surface area contributed by atoms with E-state index in [2.05, 4.69) is 21.5 Å². The molecule has 3 rings (SSSR count). The Bertz CT molecular complexity index is 623. The summed E-state index contributed by atoms with van der Waals surface area (Å²) < 4.78 is 2.04. The predicted molar refractivity (Wildman–Crippen MR) is 72.6 cm³/mol. The van der Waals surface area contributed by atoms with E-state index in [-0.39, 0.29) is 0 Å². The minimum atomic E-state index is 0.777. The van der Waals surface area contributed by atoms with Gasteiger partial charge in [0.15, 0.2) is 0 Å². The maximum Gasteiger partial charge on any atom is 0.137 e. The fourth-order valence-corrected chi connectivity index (χ4v) is 2.62. The number of rotatable bonds is 4. The zero-order valence-electron chi connectivity index (χ0n) is 10.1. The Labute approximate surface area is 109 Å². The van der Waals surface area contributed by atoms with Crippen LogP contribution in [0.15, 0.2) is 36.1 Å².